The van der Waals surface area contributed by atoms with Crippen molar-refractivity contribution in [1.29, 1.82) is 0 Å². The van der Waals surface area contributed by atoms with E-state index in [0.717, 1.165) is 10.2 Å². The molecular formula is C13H17BrN4O. The lowest BCUT2D eigenvalue weighted by atomic mass is 10.1. The number of carbonyl (C=O) groups excluding carboxylic acids is 1. The largest absolute Gasteiger partial charge is 0.404 e. The van der Waals surface area contributed by atoms with Crippen LogP contribution < -0.4 is 11.5 Å². The Morgan fingerprint density at radius 3 is 2.74 bits per heavy atom. The van der Waals surface area contributed by atoms with Gasteiger partial charge in [0.05, 0.1) is 23.0 Å². The summed E-state index contributed by atoms with van der Waals surface area (Å²) in [5, 5.41) is 0. The van der Waals surface area contributed by atoms with E-state index in [0.29, 0.717) is 11.6 Å². The van der Waals surface area contributed by atoms with Gasteiger partial charge < -0.3 is 16.5 Å². The van der Waals surface area contributed by atoms with Crippen LogP contribution in [0, 0.1) is 5.92 Å². The molecule has 0 bridgehead atoms. The first-order valence-corrected chi connectivity index (χ1v) is 6.96. The summed E-state index contributed by atoms with van der Waals surface area (Å²) in [4.78, 5) is 19.2. The molecule has 6 heteroatoms. The maximum Gasteiger partial charge on any atom is 0.252 e. The molecule has 0 aliphatic heterocycles. The van der Waals surface area contributed by atoms with Gasteiger partial charge in [0.25, 0.3) is 5.91 Å². The highest BCUT2D eigenvalue weighted by Crippen LogP contribution is 2.34. The smallest absolute Gasteiger partial charge is 0.252 e. The van der Waals surface area contributed by atoms with Gasteiger partial charge in [0.2, 0.25) is 0 Å². The molecule has 5 nitrogen and oxygen atoms in total. The van der Waals surface area contributed by atoms with E-state index in [2.05, 4.69) is 25.9 Å². The van der Waals surface area contributed by atoms with E-state index in [1.54, 1.807) is 6.20 Å². The summed E-state index contributed by atoms with van der Waals surface area (Å²) in [5.41, 5.74) is 12.4. The number of rotatable bonds is 5. The van der Waals surface area contributed by atoms with Gasteiger partial charge in [-0.2, -0.15) is 0 Å². The molecule has 1 heterocycles. The summed E-state index contributed by atoms with van der Waals surface area (Å²) in [7, 11) is 0. The van der Waals surface area contributed by atoms with E-state index in [1.807, 2.05) is 13.0 Å². The maximum atomic E-state index is 11.5. The Bertz CT molecular complexity index is 543. The van der Waals surface area contributed by atoms with Crippen LogP contribution in [0.3, 0.4) is 0 Å². The maximum absolute atomic E-state index is 11.5. The first-order valence-electron chi connectivity index (χ1n) is 6.17. The van der Waals surface area contributed by atoms with Gasteiger partial charge >= 0.3 is 0 Å². The van der Waals surface area contributed by atoms with Gasteiger partial charge in [-0.05, 0) is 47.7 Å². The van der Waals surface area contributed by atoms with Gasteiger partial charge in [0.1, 0.15) is 0 Å². The number of aromatic amines is 1. The lowest BCUT2D eigenvalue weighted by Crippen LogP contribution is -2.24. The van der Waals surface area contributed by atoms with Crippen LogP contribution in [0.2, 0.25) is 0 Å². The molecule has 102 valence electrons. The lowest BCUT2D eigenvalue weighted by Gasteiger charge is -2.10. The number of H-pyrrole nitrogens is 1. The summed E-state index contributed by atoms with van der Waals surface area (Å²) in [6, 6.07) is 2.01. The fraction of sp³-hybridized carbons (Fsp3) is 0.385. The normalized spacial score (nSPS) is 18.4. The average Bonchev–Trinajstić information content (AvgIpc) is 3.11. The van der Waals surface area contributed by atoms with E-state index in [9.17, 15) is 4.79 Å². The molecule has 0 saturated heterocycles. The van der Waals surface area contributed by atoms with Crippen molar-refractivity contribution in [3.63, 3.8) is 0 Å². The zero-order valence-electron chi connectivity index (χ0n) is 10.7. The molecule has 0 aromatic carbocycles. The van der Waals surface area contributed by atoms with Crippen LogP contribution in [0.15, 0.2) is 33.5 Å². The van der Waals surface area contributed by atoms with Crippen LogP contribution in [0.25, 0.3) is 0 Å². The predicted molar refractivity (Wildman–Crippen MR) is 78.7 cm³/mol. The molecule has 1 fully saturated rings. The number of halogens is 1. The van der Waals surface area contributed by atoms with Gasteiger partial charge in [0.15, 0.2) is 0 Å². The van der Waals surface area contributed by atoms with Gasteiger partial charge in [-0.15, -0.1) is 0 Å². The van der Waals surface area contributed by atoms with Crippen LogP contribution >= 0.6 is 15.9 Å². The number of amides is 1. The van der Waals surface area contributed by atoms with Crippen molar-refractivity contribution in [2.45, 2.75) is 25.8 Å². The number of nitrogens with two attached hydrogens (primary N) is 2. The van der Waals surface area contributed by atoms with E-state index < -0.39 is 5.91 Å². The predicted octanol–water partition coefficient (Wildman–Crippen LogP) is 1.69. The number of carbonyl (C=O) groups is 1. The molecule has 1 aliphatic carbocycles. The monoisotopic (exact) mass is 324 g/mol. The molecule has 5 N–H and O–H groups in total. The molecule has 1 amide bonds. The molecular weight excluding hydrogens is 308 g/mol. The minimum Gasteiger partial charge on any atom is -0.404 e. The highest BCUT2D eigenvalue weighted by Gasteiger charge is 2.29. The number of hydrogen-bond acceptors (Lipinski definition) is 3. The van der Waals surface area contributed by atoms with Gasteiger partial charge in [-0.25, -0.2) is 0 Å². The molecule has 2 rings (SSSR count). The fourth-order valence-corrected chi connectivity index (χ4v) is 2.30. The number of hydrogen-bond donors (Lipinski definition) is 3. The zero-order valence-corrected chi connectivity index (χ0v) is 12.3. The molecule has 1 saturated carbocycles. The SMILES string of the molecule is C[C@@H](N=C(C(=CN)C(N)=O)c1cc(Br)c[nH]1)C1CC1. The van der Waals surface area contributed by atoms with Gasteiger partial charge in [0, 0.05) is 16.9 Å². The van der Waals surface area contributed by atoms with Crippen molar-refractivity contribution in [3.8, 4) is 0 Å². The summed E-state index contributed by atoms with van der Waals surface area (Å²) < 4.78 is 0.884. The van der Waals surface area contributed by atoms with Crippen molar-refractivity contribution in [3.05, 3.63) is 34.2 Å². The average molecular weight is 325 g/mol. The number of nitrogens with zero attached hydrogens (tertiary/aromatic N) is 1. The Morgan fingerprint density at radius 2 is 2.32 bits per heavy atom. The first-order chi connectivity index (χ1) is 9.02. The molecule has 1 aliphatic rings. The summed E-state index contributed by atoms with van der Waals surface area (Å²) >= 11 is 3.36. The topological polar surface area (TPSA) is 97.3 Å². The Balaban J connectivity index is 2.40. The quantitative estimate of drug-likeness (QED) is 0.567. The highest BCUT2D eigenvalue weighted by atomic mass is 79.9. The van der Waals surface area contributed by atoms with E-state index in [1.165, 1.54) is 19.0 Å². The molecule has 1 aromatic heterocycles. The Labute approximate surface area is 120 Å². The number of nitrogens with one attached hydrogen (secondary N) is 1. The first kappa shape index (κ1) is 13.9. The Hall–Kier alpha value is -1.56. The second-order valence-corrected chi connectivity index (χ2v) is 5.65. The number of aliphatic imine (C=N–C) groups is 1. The summed E-state index contributed by atoms with van der Waals surface area (Å²) in [6.07, 6.45) is 5.37. The third-order valence-electron chi connectivity index (χ3n) is 3.23. The third kappa shape index (κ3) is 3.26. The zero-order chi connectivity index (χ0) is 14.0. The van der Waals surface area contributed by atoms with Crippen molar-refractivity contribution in [1.82, 2.24) is 4.98 Å². The molecule has 19 heavy (non-hydrogen) atoms. The Morgan fingerprint density at radius 1 is 1.63 bits per heavy atom. The Kier molecular flexibility index (Phi) is 4.09. The lowest BCUT2D eigenvalue weighted by molar-refractivity contribution is -0.114. The molecule has 0 unspecified atom stereocenters. The standard InChI is InChI=1S/C13H17BrN4O/c1-7(8-2-3-8)18-12(10(5-15)13(16)19)11-4-9(14)6-17-11/h4-8,17H,2-3,15H2,1H3,(H2,16,19)/t7-/m1/s1. The van der Waals surface area contributed by atoms with Crippen LogP contribution in [0.4, 0.5) is 0 Å². The van der Waals surface area contributed by atoms with Crippen LogP contribution in [-0.4, -0.2) is 22.6 Å². The molecule has 0 spiro atoms. The summed E-state index contributed by atoms with van der Waals surface area (Å²) in [5.74, 6) is 0.0234. The second-order valence-electron chi connectivity index (χ2n) is 4.73. The van der Waals surface area contributed by atoms with Crippen LogP contribution in [-0.2, 0) is 4.79 Å². The van der Waals surface area contributed by atoms with E-state index in [4.69, 9.17) is 11.5 Å². The van der Waals surface area contributed by atoms with Gasteiger partial charge in [-0.1, -0.05) is 0 Å². The highest BCUT2D eigenvalue weighted by molar-refractivity contribution is 9.10. The fourth-order valence-electron chi connectivity index (χ4n) is 1.95. The third-order valence-corrected chi connectivity index (χ3v) is 3.68. The molecule has 1 atom stereocenters. The molecule has 0 radical (unpaired) electrons. The van der Waals surface area contributed by atoms with E-state index in [-0.39, 0.29) is 11.6 Å². The van der Waals surface area contributed by atoms with Crippen molar-refractivity contribution < 1.29 is 4.79 Å². The molecule has 1 aromatic rings. The summed E-state index contributed by atoms with van der Waals surface area (Å²) in [6.45, 7) is 2.05. The number of primary amides is 1. The van der Waals surface area contributed by atoms with Gasteiger partial charge in [-0.3, -0.25) is 9.79 Å². The van der Waals surface area contributed by atoms with Crippen molar-refractivity contribution in [2.24, 2.45) is 22.4 Å². The van der Waals surface area contributed by atoms with Crippen molar-refractivity contribution in [2.75, 3.05) is 0 Å². The van der Waals surface area contributed by atoms with Crippen molar-refractivity contribution >= 4 is 27.5 Å². The minimum absolute atomic E-state index is 0.159. The number of aromatic nitrogens is 1. The minimum atomic E-state index is -0.574. The second kappa shape index (κ2) is 5.61. The van der Waals surface area contributed by atoms with Crippen LogP contribution in [0.5, 0.6) is 0 Å². The van der Waals surface area contributed by atoms with E-state index >= 15 is 0 Å². The van der Waals surface area contributed by atoms with Crippen LogP contribution in [0.1, 0.15) is 25.5 Å².